The van der Waals surface area contributed by atoms with Crippen molar-refractivity contribution < 1.29 is 22.6 Å². The second-order valence-corrected chi connectivity index (χ2v) is 8.16. The lowest BCUT2D eigenvalue weighted by Crippen LogP contribution is -2.19. The molecule has 0 aliphatic heterocycles. The van der Waals surface area contributed by atoms with E-state index in [1.54, 1.807) is 31.2 Å². The van der Waals surface area contributed by atoms with E-state index in [2.05, 4.69) is 9.93 Å². The van der Waals surface area contributed by atoms with Gasteiger partial charge in [0, 0.05) is 0 Å². The number of aryl methyl sites for hydroxylation is 1. The minimum absolute atomic E-state index is 0.00787. The van der Waals surface area contributed by atoms with Crippen LogP contribution in [-0.4, -0.2) is 35.0 Å². The number of hydrogen-bond acceptors (Lipinski definition) is 6. The van der Waals surface area contributed by atoms with E-state index in [4.69, 9.17) is 25.8 Å². The maximum absolute atomic E-state index is 12.6. The van der Waals surface area contributed by atoms with Gasteiger partial charge in [0.1, 0.15) is 10.6 Å². The number of rotatable bonds is 10. The molecule has 0 bridgehead atoms. The zero-order valence-electron chi connectivity index (χ0n) is 16.9. The van der Waals surface area contributed by atoms with Crippen molar-refractivity contribution in [2.45, 2.75) is 32.1 Å². The van der Waals surface area contributed by atoms with Crippen LogP contribution in [0.2, 0.25) is 5.02 Å². The van der Waals surface area contributed by atoms with Crippen LogP contribution in [0.15, 0.2) is 40.3 Å². The van der Waals surface area contributed by atoms with Gasteiger partial charge in [0.2, 0.25) is 0 Å². The quantitative estimate of drug-likeness (QED) is 0.443. The molecule has 2 aromatic carbocycles. The fraction of sp³-hybridized carbons (Fsp3) is 0.350. The van der Waals surface area contributed by atoms with Gasteiger partial charge in [-0.3, -0.25) is 0 Å². The summed E-state index contributed by atoms with van der Waals surface area (Å²) >= 11 is 6.31. The predicted molar refractivity (Wildman–Crippen MR) is 114 cm³/mol. The van der Waals surface area contributed by atoms with E-state index in [-0.39, 0.29) is 10.6 Å². The van der Waals surface area contributed by atoms with E-state index in [1.807, 2.05) is 13.8 Å². The number of sulfonamides is 1. The second kappa shape index (κ2) is 10.4. The van der Waals surface area contributed by atoms with Gasteiger partial charge in [-0.2, -0.15) is 18.4 Å². The van der Waals surface area contributed by atoms with Gasteiger partial charge in [0.25, 0.3) is 10.0 Å². The molecular formula is C20H25ClN2O5S. The van der Waals surface area contributed by atoms with Crippen LogP contribution >= 0.6 is 11.6 Å². The molecule has 158 valence electrons. The summed E-state index contributed by atoms with van der Waals surface area (Å²) in [6.45, 7) is 6.57. The Morgan fingerprint density at radius 1 is 1.14 bits per heavy atom. The number of hydrazone groups is 1. The zero-order chi connectivity index (χ0) is 21.4. The first-order valence-corrected chi connectivity index (χ1v) is 11.0. The molecule has 0 saturated carbocycles. The van der Waals surface area contributed by atoms with E-state index in [9.17, 15) is 8.42 Å². The van der Waals surface area contributed by atoms with Gasteiger partial charge in [0.05, 0.1) is 31.6 Å². The van der Waals surface area contributed by atoms with Crippen molar-refractivity contribution in [3.63, 3.8) is 0 Å². The number of nitrogens with zero attached hydrogens (tertiary/aromatic N) is 1. The van der Waals surface area contributed by atoms with Crippen LogP contribution < -0.4 is 19.0 Å². The summed E-state index contributed by atoms with van der Waals surface area (Å²) in [5, 5.41) is 4.21. The van der Waals surface area contributed by atoms with Gasteiger partial charge in [0.15, 0.2) is 11.5 Å². The van der Waals surface area contributed by atoms with Crippen molar-refractivity contribution in [2.24, 2.45) is 5.10 Å². The molecule has 2 rings (SSSR count). The van der Waals surface area contributed by atoms with Crippen molar-refractivity contribution in [3.8, 4) is 17.2 Å². The minimum Gasteiger partial charge on any atom is -0.495 e. The first-order chi connectivity index (χ1) is 13.8. The summed E-state index contributed by atoms with van der Waals surface area (Å²) in [5.41, 5.74) is 1.34. The summed E-state index contributed by atoms with van der Waals surface area (Å²) in [4.78, 5) is 2.20. The summed E-state index contributed by atoms with van der Waals surface area (Å²) < 4.78 is 41.6. The predicted octanol–water partition coefficient (Wildman–Crippen LogP) is 4.16. The highest BCUT2D eigenvalue weighted by molar-refractivity contribution is 7.89. The first-order valence-electron chi connectivity index (χ1n) is 9.11. The average molecular weight is 441 g/mol. The molecular weight excluding hydrogens is 416 g/mol. The van der Waals surface area contributed by atoms with Crippen LogP contribution in [0.1, 0.15) is 31.4 Å². The van der Waals surface area contributed by atoms with E-state index in [1.165, 1.54) is 19.4 Å². The van der Waals surface area contributed by atoms with Gasteiger partial charge in [-0.05, 0) is 55.7 Å². The number of methoxy groups -OCH3 is 1. The third-order valence-electron chi connectivity index (χ3n) is 3.78. The van der Waals surface area contributed by atoms with Crippen LogP contribution in [0, 0.1) is 6.92 Å². The Morgan fingerprint density at radius 2 is 1.90 bits per heavy atom. The van der Waals surface area contributed by atoms with Gasteiger partial charge in [-0.25, -0.2) is 0 Å². The molecule has 0 aliphatic rings. The van der Waals surface area contributed by atoms with Gasteiger partial charge < -0.3 is 14.2 Å². The maximum atomic E-state index is 12.6. The monoisotopic (exact) mass is 440 g/mol. The summed E-state index contributed by atoms with van der Waals surface area (Å²) in [5.74, 6) is 1.16. The Kier molecular flexibility index (Phi) is 8.16. The lowest BCUT2D eigenvalue weighted by atomic mass is 10.2. The molecule has 0 saturated heterocycles. The van der Waals surface area contributed by atoms with Crippen LogP contribution in [0.25, 0.3) is 0 Å². The molecule has 0 heterocycles. The minimum atomic E-state index is -3.91. The zero-order valence-corrected chi connectivity index (χ0v) is 18.4. The highest BCUT2D eigenvalue weighted by Crippen LogP contribution is 2.36. The van der Waals surface area contributed by atoms with Crippen LogP contribution in [-0.2, 0) is 10.0 Å². The Hall–Kier alpha value is -2.45. The number of nitrogens with one attached hydrogen (secondary N) is 1. The van der Waals surface area contributed by atoms with Crippen molar-refractivity contribution >= 4 is 27.8 Å². The smallest absolute Gasteiger partial charge is 0.280 e. The summed E-state index contributed by atoms with van der Waals surface area (Å²) in [6, 6.07) is 8.18. The Balaban J connectivity index is 2.26. The topological polar surface area (TPSA) is 86.2 Å². The highest BCUT2D eigenvalue weighted by Gasteiger charge is 2.19. The third-order valence-corrected chi connectivity index (χ3v) is 5.30. The largest absolute Gasteiger partial charge is 0.495 e. The molecule has 0 fully saturated rings. The van der Waals surface area contributed by atoms with Crippen LogP contribution in [0.4, 0.5) is 0 Å². The second-order valence-electron chi connectivity index (χ2n) is 6.12. The number of halogens is 1. The van der Waals surface area contributed by atoms with Gasteiger partial charge in [-0.1, -0.05) is 24.6 Å². The Bertz CT molecular complexity index is 977. The number of hydrogen-bond donors (Lipinski definition) is 1. The standard InChI is InChI=1S/C20H25ClN2O5S/c1-5-9-28-20-16(21)11-15(12-18(20)27-6-2)13-22-23-29(24,25)19-10-14(3)7-8-17(19)26-4/h7-8,10-13,23H,5-6,9H2,1-4H3/b22-13+. The van der Waals surface area contributed by atoms with E-state index >= 15 is 0 Å². The molecule has 0 aliphatic carbocycles. The third kappa shape index (κ3) is 6.01. The molecule has 9 heteroatoms. The molecule has 0 unspecified atom stereocenters. The molecule has 0 atom stereocenters. The van der Waals surface area contributed by atoms with Crippen molar-refractivity contribution in [3.05, 3.63) is 46.5 Å². The van der Waals surface area contributed by atoms with Crippen LogP contribution in [0.5, 0.6) is 17.2 Å². The molecule has 29 heavy (non-hydrogen) atoms. The number of benzene rings is 2. The van der Waals surface area contributed by atoms with Gasteiger partial charge >= 0.3 is 0 Å². The summed E-state index contributed by atoms with van der Waals surface area (Å²) in [6.07, 6.45) is 2.17. The lowest BCUT2D eigenvalue weighted by molar-refractivity contribution is 0.277. The van der Waals surface area contributed by atoms with Gasteiger partial charge in [-0.15, -0.1) is 0 Å². The Labute approximate surface area is 176 Å². The van der Waals surface area contributed by atoms with Crippen molar-refractivity contribution in [2.75, 3.05) is 20.3 Å². The van der Waals surface area contributed by atoms with E-state index < -0.39 is 10.0 Å². The molecule has 0 aromatic heterocycles. The molecule has 0 radical (unpaired) electrons. The Morgan fingerprint density at radius 3 is 2.55 bits per heavy atom. The normalized spacial score (nSPS) is 11.5. The molecule has 2 aromatic rings. The first kappa shape index (κ1) is 22.8. The molecule has 0 amide bonds. The fourth-order valence-corrected chi connectivity index (χ4v) is 3.80. The van der Waals surface area contributed by atoms with E-state index in [0.717, 1.165) is 12.0 Å². The fourth-order valence-electron chi connectivity index (χ4n) is 2.48. The molecule has 1 N–H and O–H groups in total. The molecule has 7 nitrogen and oxygen atoms in total. The van der Waals surface area contributed by atoms with Crippen LogP contribution in [0.3, 0.4) is 0 Å². The number of ether oxygens (including phenoxy) is 3. The van der Waals surface area contributed by atoms with Crippen molar-refractivity contribution in [1.82, 2.24) is 4.83 Å². The summed E-state index contributed by atoms with van der Waals surface area (Å²) in [7, 11) is -2.50. The average Bonchev–Trinajstić information content (AvgIpc) is 2.67. The lowest BCUT2D eigenvalue weighted by Gasteiger charge is -2.14. The SMILES string of the molecule is CCCOc1c(Cl)cc(/C=N/NS(=O)(=O)c2cc(C)ccc2OC)cc1OCC. The van der Waals surface area contributed by atoms with Crippen molar-refractivity contribution in [1.29, 1.82) is 0 Å². The maximum Gasteiger partial charge on any atom is 0.280 e. The highest BCUT2D eigenvalue weighted by atomic mass is 35.5. The van der Waals surface area contributed by atoms with E-state index in [0.29, 0.717) is 35.3 Å². The molecule has 0 spiro atoms.